The zero-order chi connectivity index (χ0) is 27.0. The molecule has 5 rings (SSSR count). The standard InChI is InChI=1S/C31H30ClNO5/c1-18(2)12-13-37-24-11-10-21(15-26(24)36-4)28-27-29(34)22-16-23(32)19(3)14-25(22)38-30(27)31(35)33(28)17-20-8-6-5-7-9-20/h5-11,14-16,18,28H,12-13,17H2,1-4H3. The molecule has 6 nitrogen and oxygen atoms in total. The number of carbonyl (C=O) groups excluding carboxylic acids is 1. The van der Waals surface area contributed by atoms with Crippen molar-refractivity contribution in [2.45, 2.75) is 39.8 Å². The first-order chi connectivity index (χ1) is 18.3. The molecule has 1 aromatic heterocycles. The van der Waals surface area contributed by atoms with Crippen molar-refractivity contribution in [3.8, 4) is 11.5 Å². The second-order valence-corrected chi connectivity index (χ2v) is 10.4. The lowest BCUT2D eigenvalue weighted by Crippen LogP contribution is -2.29. The third kappa shape index (κ3) is 4.76. The molecule has 0 fully saturated rings. The van der Waals surface area contributed by atoms with Gasteiger partial charge in [0.05, 0.1) is 30.7 Å². The summed E-state index contributed by atoms with van der Waals surface area (Å²) >= 11 is 6.36. The minimum absolute atomic E-state index is 0.0568. The largest absolute Gasteiger partial charge is 0.493 e. The molecule has 3 aromatic carbocycles. The van der Waals surface area contributed by atoms with Crippen molar-refractivity contribution in [1.29, 1.82) is 0 Å². The highest BCUT2D eigenvalue weighted by atomic mass is 35.5. The van der Waals surface area contributed by atoms with Crippen molar-refractivity contribution in [3.63, 3.8) is 0 Å². The minimum Gasteiger partial charge on any atom is -0.493 e. The van der Waals surface area contributed by atoms with Crippen LogP contribution in [0.2, 0.25) is 5.02 Å². The lowest BCUT2D eigenvalue weighted by molar-refractivity contribution is 0.0714. The first-order valence-corrected chi connectivity index (χ1v) is 13.1. The number of rotatable bonds is 8. The van der Waals surface area contributed by atoms with Gasteiger partial charge in [-0.15, -0.1) is 0 Å². The third-order valence-electron chi connectivity index (χ3n) is 6.90. The van der Waals surface area contributed by atoms with Crippen molar-refractivity contribution in [1.82, 2.24) is 4.90 Å². The van der Waals surface area contributed by atoms with E-state index in [1.165, 1.54) is 0 Å². The SMILES string of the molecule is COc1cc(C2c3c(oc4cc(C)c(Cl)cc4c3=O)C(=O)N2Cc2ccccc2)ccc1OCCC(C)C. The number of ether oxygens (including phenoxy) is 2. The van der Waals surface area contributed by atoms with Gasteiger partial charge in [0.25, 0.3) is 5.91 Å². The molecular formula is C31H30ClNO5. The van der Waals surface area contributed by atoms with E-state index in [1.54, 1.807) is 24.1 Å². The maximum Gasteiger partial charge on any atom is 0.291 e. The van der Waals surface area contributed by atoms with Crippen LogP contribution in [0.3, 0.4) is 0 Å². The summed E-state index contributed by atoms with van der Waals surface area (Å²) in [6.45, 7) is 6.98. The molecule has 0 N–H and O–H groups in total. The zero-order valence-electron chi connectivity index (χ0n) is 21.9. The van der Waals surface area contributed by atoms with Crippen molar-refractivity contribution < 1.29 is 18.7 Å². The van der Waals surface area contributed by atoms with Gasteiger partial charge in [0, 0.05) is 11.6 Å². The normalized spacial score (nSPS) is 14.8. The average molecular weight is 532 g/mol. The van der Waals surface area contributed by atoms with Gasteiger partial charge in [0.2, 0.25) is 5.76 Å². The van der Waals surface area contributed by atoms with Crippen molar-refractivity contribution in [2.75, 3.05) is 13.7 Å². The Kier molecular flexibility index (Phi) is 7.17. The number of carbonyl (C=O) groups is 1. The van der Waals surface area contributed by atoms with Gasteiger partial charge >= 0.3 is 0 Å². The molecule has 2 heterocycles. The molecule has 4 aromatic rings. The molecule has 0 saturated carbocycles. The topological polar surface area (TPSA) is 69.0 Å². The molecule has 7 heteroatoms. The van der Waals surface area contributed by atoms with Crippen LogP contribution in [-0.4, -0.2) is 24.5 Å². The molecule has 0 saturated heterocycles. The Bertz CT molecular complexity index is 1560. The van der Waals surface area contributed by atoms with Crippen LogP contribution in [0.5, 0.6) is 11.5 Å². The minimum atomic E-state index is -0.669. The molecule has 38 heavy (non-hydrogen) atoms. The van der Waals surface area contributed by atoms with Crippen LogP contribution >= 0.6 is 11.6 Å². The highest BCUT2D eigenvalue weighted by molar-refractivity contribution is 6.32. The van der Waals surface area contributed by atoms with E-state index in [-0.39, 0.29) is 17.1 Å². The van der Waals surface area contributed by atoms with Gasteiger partial charge in [0.15, 0.2) is 16.9 Å². The molecule has 0 radical (unpaired) electrons. The summed E-state index contributed by atoms with van der Waals surface area (Å²) in [6.07, 6.45) is 0.913. The van der Waals surface area contributed by atoms with E-state index in [2.05, 4.69) is 13.8 Å². The van der Waals surface area contributed by atoms with Crippen molar-refractivity contribution in [3.05, 3.63) is 104 Å². The van der Waals surface area contributed by atoms with Gasteiger partial charge in [-0.05, 0) is 60.2 Å². The summed E-state index contributed by atoms with van der Waals surface area (Å²) in [5.74, 6) is 1.39. The van der Waals surface area contributed by atoms with Crippen molar-refractivity contribution in [2.24, 2.45) is 5.92 Å². The molecule has 0 bridgehead atoms. The highest BCUT2D eigenvalue weighted by Gasteiger charge is 2.43. The van der Waals surface area contributed by atoms with Gasteiger partial charge in [0.1, 0.15) is 5.58 Å². The molecule has 0 spiro atoms. The van der Waals surface area contributed by atoms with Crippen LogP contribution in [-0.2, 0) is 6.54 Å². The van der Waals surface area contributed by atoms with E-state index >= 15 is 0 Å². The fourth-order valence-corrected chi connectivity index (χ4v) is 4.97. The van der Waals surface area contributed by atoms with Gasteiger partial charge in [-0.3, -0.25) is 9.59 Å². The first-order valence-electron chi connectivity index (χ1n) is 12.7. The number of halogens is 1. The summed E-state index contributed by atoms with van der Waals surface area (Å²) in [5.41, 5.74) is 2.81. The second-order valence-electron chi connectivity index (χ2n) is 10.0. The summed E-state index contributed by atoms with van der Waals surface area (Å²) < 4.78 is 17.7. The number of nitrogens with zero attached hydrogens (tertiary/aromatic N) is 1. The van der Waals surface area contributed by atoms with Crippen molar-refractivity contribution >= 4 is 28.5 Å². The summed E-state index contributed by atoms with van der Waals surface area (Å²) in [4.78, 5) is 29.3. The Morgan fingerprint density at radius 3 is 2.50 bits per heavy atom. The molecule has 1 aliphatic rings. The van der Waals surface area contributed by atoms with Crippen LogP contribution in [0.4, 0.5) is 0 Å². The number of benzene rings is 3. The Hall–Kier alpha value is -3.77. The number of aryl methyl sites for hydroxylation is 1. The predicted octanol–water partition coefficient (Wildman–Crippen LogP) is 6.93. The number of fused-ring (bicyclic) bond motifs is 2. The molecule has 1 atom stereocenters. The number of hydrogen-bond donors (Lipinski definition) is 0. The number of amides is 1. The average Bonchev–Trinajstić information content (AvgIpc) is 3.17. The maximum atomic E-state index is 13.9. The number of hydrogen-bond acceptors (Lipinski definition) is 5. The Morgan fingerprint density at radius 2 is 1.79 bits per heavy atom. The second kappa shape index (κ2) is 10.5. The fraction of sp³-hybridized carbons (Fsp3) is 0.290. The zero-order valence-corrected chi connectivity index (χ0v) is 22.7. The van der Waals surface area contributed by atoms with Crippen LogP contribution in [0.1, 0.15) is 59.1 Å². The first kappa shape index (κ1) is 25.9. The van der Waals surface area contributed by atoms with Crippen LogP contribution in [0, 0.1) is 12.8 Å². The molecular weight excluding hydrogens is 502 g/mol. The van der Waals surface area contributed by atoms with Crippen LogP contribution < -0.4 is 14.9 Å². The Balaban J connectivity index is 1.65. The summed E-state index contributed by atoms with van der Waals surface area (Å²) in [7, 11) is 1.58. The molecule has 1 aliphatic heterocycles. The van der Waals surface area contributed by atoms with E-state index in [1.807, 2.05) is 55.5 Å². The predicted molar refractivity (Wildman–Crippen MR) is 148 cm³/mol. The molecule has 1 unspecified atom stereocenters. The van der Waals surface area contributed by atoms with Gasteiger partial charge < -0.3 is 18.8 Å². The van der Waals surface area contributed by atoms with E-state index < -0.39 is 6.04 Å². The lowest BCUT2D eigenvalue weighted by atomic mass is 9.97. The van der Waals surface area contributed by atoms with E-state index in [4.69, 9.17) is 25.5 Å². The smallest absolute Gasteiger partial charge is 0.291 e. The summed E-state index contributed by atoms with van der Waals surface area (Å²) in [5, 5.41) is 0.815. The van der Waals surface area contributed by atoms with Gasteiger partial charge in [-0.1, -0.05) is 61.8 Å². The maximum absolute atomic E-state index is 13.9. The van der Waals surface area contributed by atoms with Gasteiger partial charge in [-0.2, -0.15) is 0 Å². The quantitative estimate of drug-likeness (QED) is 0.246. The Morgan fingerprint density at radius 1 is 1.03 bits per heavy atom. The molecule has 1 amide bonds. The highest BCUT2D eigenvalue weighted by Crippen LogP contribution is 2.42. The Labute approximate surface area is 226 Å². The van der Waals surface area contributed by atoms with Gasteiger partial charge in [-0.25, -0.2) is 0 Å². The fourth-order valence-electron chi connectivity index (χ4n) is 4.81. The lowest BCUT2D eigenvalue weighted by Gasteiger charge is -2.26. The van der Waals surface area contributed by atoms with Crippen LogP contribution in [0.15, 0.2) is 69.9 Å². The summed E-state index contributed by atoms with van der Waals surface area (Å²) in [6, 6.07) is 17.9. The molecule has 0 aliphatic carbocycles. The van der Waals surface area contributed by atoms with E-state index in [0.717, 1.165) is 23.1 Å². The number of methoxy groups -OCH3 is 1. The molecule has 196 valence electrons. The third-order valence-corrected chi connectivity index (χ3v) is 7.31. The van der Waals surface area contributed by atoms with Crippen LogP contribution in [0.25, 0.3) is 11.0 Å². The van der Waals surface area contributed by atoms with E-state index in [9.17, 15) is 9.59 Å². The van der Waals surface area contributed by atoms with E-state index in [0.29, 0.717) is 52.1 Å². The monoisotopic (exact) mass is 531 g/mol.